The van der Waals surface area contributed by atoms with Crippen molar-refractivity contribution in [1.82, 2.24) is 0 Å². The molecule has 0 saturated carbocycles. The minimum absolute atomic E-state index is 0.175. The predicted molar refractivity (Wildman–Crippen MR) is 150 cm³/mol. The number of anilines is 2. The van der Waals surface area contributed by atoms with Crippen molar-refractivity contribution in [3.05, 3.63) is 100 Å². The molecule has 1 N–H and O–H groups in total. The maximum Gasteiger partial charge on any atom is 0.340 e. The fourth-order valence-electron chi connectivity index (χ4n) is 4.09. The molecule has 1 aliphatic heterocycles. The lowest BCUT2D eigenvalue weighted by molar-refractivity contribution is -0.138. The molecule has 3 aromatic carbocycles. The third kappa shape index (κ3) is 6.30. The molecule has 8 nitrogen and oxygen atoms in total. The third-order valence-electron chi connectivity index (χ3n) is 5.91. The van der Waals surface area contributed by atoms with Gasteiger partial charge in [0.1, 0.15) is 11.5 Å². The Morgan fingerprint density at radius 3 is 2.36 bits per heavy atom. The molecule has 0 unspecified atom stereocenters. The Labute approximate surface area is 231 Å². The molecule has 0 spiro atoms. The fraction of sp³-hybridized carbons (Fsp3) is 0.167. The monoisotopic (exact) mass is 546 g/mol. The minimum atomic E-state index is -0.577. The summed E-state index contributed by atoms with van der Waals surface area (Å²) in [7, 11) is 1.53. The van der Waals surface area contributed by atoms with Crippen LogP contribution in [0.3, 0.4) is 0 Å². The van der Waals surface area contributed by atoms with E-state index in [-0.39, 0.29) is 36.2 Å². The van der Waals surface area contributed by atoms with Crippen LogP contribution in [0.25, 0.3) is 6.08 Å². The number of halogens is 1. The summed E-state index contributed by atoms with van der Waals surface area (Å²) in [6.45, 7) is 3.38. The Kier molecular flexibility index (Phi) is 8.68. The van der Waals surface area contributed by atoms with Crippen LogP contribution in [0.15, 0.2) is 89.6 Å². The zero-order chi connectivity index (χ0) is 27.9. The van der Waals surface area contributed by atoms with Crippen LogP contribution in [0.4, 0.5) is 11.4 Å². The van der Waals surface area contributed by atoms with Crippen LogP contribution in [0.1, 0.15) is 19.4 Å². The minimum Gasteiger partial charge on any atom is -0.495 e. The van der Waals surface area contributed by atoms with Gasteiger partial charge in [0.2, 0.25) is 0 Å². The van der Waals surface area contributed by atoms with Crippen LogP contribution in [-0.2, 0) is 19.1 Å². The summed E-state index contributed by atoms with van der Waals surface area (Å²) in [4.78, 5) is 40.1. The average Bonchev–Trinajstić information content (AvgIpc) is 3.18. The Balaban J connectivity index is 1.51. The van der Waals surface area contributed by atoms with Crippen molar-refractivity contribution < 1.29 is 28.6 Å². The van der Waals surface area contributed by atoms with Crippen molar-refractivity contribution in [1.29, 1.82) is 0 Å². The molecule has 0 aromatic heterocycles. The Morgan fingerprint density at radius 2 is 1.69 bits per heavy atom. The molecular weight excluding hydrogens is 520 g/mol. The van der Waals surface area contributed by atoms with E-state index < -0.39 is 5.97 Å². The van der Waals surface area contributed by atoms with Gasteiger partial charge in [-0.3, -0.25) is 14.5 Å². The number of carbonyl (C=O) groups excluding carboxylic acids is 3. The van der Waals surface area contributed by atoms with E-state index in [0.29, 0.717) is 39.2 Å². The molecule has 9 heteroatoms. The first-order valence-corrected chi connectivity index (χ1v) is 12.6. The second-order valence-corrected chi connectivity index (χ2v) is 8.90. The maximum absolute atomic E-state index is 13.5. The molecule has 0 bridgehead atoms. The number of ether oxygens (including phenoxy) is 3. The number of para-hydroxylation sites is 2. The highest BCUT2D eigenvalue weighted by Gasteiger charge is 2.38. The van der Waals surface area contributed by atoms with Crippen molar-refractivity contribution in [2.75, 3.05) is 30.5 Å². The van der Waals surface area contributed by atoms with E-state index in [1.54, 1.807) is 86.7 Å². The lowest BCUT2D eigenvalue weighted by Gasteiger charge is -2.18. The van der Waals surface area contributed by atoms with Gasteiger partial charge in [-0.25, -0.2) is 4.79 Å². The Bertz CT molecular complexity index is 1450. The van der Waals surface area contributed by atoms with Crippen molar-refractivity contribution in [2.45, 2.75) is 13.8 Å². The quantitative estimate of drug-likeness (QED) is 0.276. The number of esters is 1. The number of amides is 2. The number of hydrogen-bond donors (Lipinski definition) is 1. The van der Waals surface area contributed by atoms with Crippen molar-refractivity contribution in [3.8, 4) is 11.5 Å². The van der Waals surface area contributed by atoms with Gasteiger partial charge < -0.3 is 19.5 Å². The molecule has 0 saturated heterocycles. The van der Waals surface area contributed by atoms with Gasteiger partial charge in [0.25, 0.3) is 11.8 Å². The van der Waals surface area contributed by atoms with E-state index in [1.165, 1.54) is 12.0 Å². The van der Waals surface area contributed by atoms with Gasteiger partial charge in [-0.1, -0.05) is 35.9 Å². The fourth-order valence-corrected chi connectivity index (χ4v) is 4.22. The average molecular weight is 547 g/mol. The maximum atomic E-state index is 13.5. The summed E-state index contributed by atoms with van der Waals surface area (Å²) < 4.78 is 16.1. The second kappa shape index (κ2) is 12.3. The standard InChI is InChI=1S/C30H27ClN2O6/c1-4-38-30(36)28-19(2)33(22-13-11-21(31)12-14-22)29(35)24(28)17-20-9-15-23(16-10-20)39-18-27(34)32-25-7-5-6-8-26(25)37-3/h5-17H,4,18H2,1-3H3,(H,32,34)/b24-17-. The molecule has 3 aromatic rings. The van der Waals surface area contributed by atoms with E-state index >= 15 is 0 Å². The van der Waals surface area contributed by atoms with Crippen molar-refractivity contribution in [3.63, 3.8) is 0 Å². The Hall–Kier alpha value is -4.56. The smallest absolute Gasteiger partial charge is 0.340 e. The number of nitrogens with one attached hydrogen (secondary N) is 1. The lowest BCUT2D eigenvalue weighted by atomic mass is 10.0. The van der Waals surface area contributed by atoms with Gasteiger partial charge in [-0.05, 0) is 74.0 Å². The highest BCUT2D eigenvalue weighted by atomic mass is 35.5. The molecule has 39 heavy (non-hydrogen) atoms. The molecule has 4 rings (SSSR count). The summed E-state index contributed by atoms with van der Waals surface area (Å²) in [5.41, 5.74) is 2.67. The van der Waals surface area contributed by atoms with E-state index in [1.807, 2.05) is 6.07 Å². The number of benzene rings is 3. The van der Waals surface area contributed by atoms with E-state index in [2.05, 4.69) is 5.32 Å². The SMILES string of the molecule is CCOC(=O)C1=C(C)N(c2ccc(Cl)cc2)C(=O)/C1=C\c1ccc(OCC(=O)Nc2ccccc2OC)cc1. The van der Waals surface area contributed by atoms with E-state index in [4.69, 9.17) is 25.8 Å². The van der Waals surface area contributed by atoms with Crippen molar-refractivity contribution >= 4 is 46.8 Å². The van der Waals surface area contributed by atoms with Gasteiger partial charge in [-0.2, -0.15) is 0 Å². The molecule has 0 atom stereocenters. The summed E-state index contributed by atoms with van der Waals surface area (Å²) in [5.74, 6) is -0.265. The van der Waals surface area contributed by atoms with Crippen LogP contribution in [0, 0.1) is 0 Å². The van der Waals surface area contributed by atoms with Gasteiger partial charge in [0.15, 0.2) is 6.61 Å². The summed E-state index contributed by atoms with van der Waals surface area (Å²) >= 11 is 6.01. The number of methoxy groups -OCH3 is 1. The summed E-state index contributed by atoms with van der Waals surface area (Å²) in [6, 6.07) is 20.7. The Morgan fingerprint density at radius 1 is 1.00 bits per heavy atom. The highest BCUT2D eigenvalue weighted by molar-refractivity contribution is 6.30. The van der Waals surface area contributed by atoms with Gasteiger partial charge in [0, 0.05) is 16.4 Å². The van der Waals surface area contributed by atoms with Crippen LogP contribution in [0.2, 0.25) is 5.02 Å². The summed E-state index contributed by atoms with van der Waals surface area (Å²) in [5, 5.41) is 3.29. The number of nitrogens with zero attached hydrogens (tertiary/aromatic N) is 1. The largest absolute Gasteiger partial charge is 0.495 e. The van der Waals surface area contributed by atoms with Crippen LogP contribution >= 0.6 is 11.6 Å². The van der Waals surface area contributed by atoms with Crippen LogP contribution in [-0.4, -0.2) is 38.1 Å². The number of allylic oxidation sites excluding steroid dienone is 1. The van der Waals surface area contributed by atoms with Gasteiger partial charge in [-0.15, -0.1) is 0 Å². The zero-order valence-corrected chi connectivity index (χ0v) is 22.5. The molecule has 0 fully saturated rings. The predicted octanol–water partition coefficient (Wildman–Crippen LogP) is 5.63. The number of rotatable bonds is 9. The molecule has 1 heterocycles. The van der Waals surface area contributed by atoms with E-state index in [0.717, 1.165) is 0 Å². The molecule has 0 radical (unpaired) electrons. The van der Waals surface area contributed by atoms with E-state index in [9.17, 15) is 14.4 Å². The number of hydrogen-bond acceptors (Lipinski definition) is 6. The molecule has 0 aliphatic carbocycles. The highest BCUT2D eigenvalue weighted by Crippen LogP contribution is 2.36. The third-order valence-corrected chi connectivity index (χ3v) is 6.16. The first kappa shape index (κ1) is 27.5. The normalized spacial score (nSPS) is 14.0. The second-order valence-electron chi connectivity index (χ2n) is 8.46. The molecular formula is C30H27ClN2O6. The zero-order valence-electron chi connectivity index (χ0n) is 21.7. The van der Waals surface area contributed by atoms with Crippen LogP contribution < -0.4 is 19.7 Å². The molecule has 2 amide bonds. The topological polar surface area (TPSA) is 94.2 Å². The first-order chi connectivity index (χ1) is 18.8. The molecule has 200 valence electrons. The van der Waals surface area contributed by atoms with Gasteiger partial charge in [0.05, 0.1) is 30.6 Å². The number of carbonyl (C=O) groups is 3. The first-order valence-electron chi connectivity index (χ1n) is 12.2. The lowest BCUT2D eigenvalue weighted by Crippen LogP contribution is -2.24. The van der Waals surface area contributed by atoms with Crippen molar-refractivity contribution in [2.24, 2.45) is 0 Å². The van der Waals surface area contributed by atoms with Crippen LogP contribution in [0.5, 0.6) is 11.5 Å². The molecule has 1 aliphatic rings. The van der Waals surface area contributed by atoms with Gasteiger partial charge >= 0.3 is 5.97 Å². The summed E-state index contributed by atoms with van der Waals surface area (Å²) in [6.07, 6.45) is 1.63.